The molecule has 6 heterocycles. The molecule has 1 aliphatic carbocycles. The molecule has 3 aliphatic rings. The summed E-state index contributed by atoms with van der Waals surface area (Å²) in [7, 11) is -1.65. The van der Waals surface area contributed by atoms with Crippen LogP contribution in [0, 0.1) is 25.7 Å². The molecule has 4 aromatic heterocycles. The van der Waals surface area contributed by atoms with Gasteiger partial charge >= 0.3 is 0 Å². The monoisotopic (exact) mass is 731 g/mol. The second kappa shape index (κ2) is 13.4. The van der Waals surface area contributed by atoms with E-state index >= 15 is 0 Å². The number of pyridine rings is 3. The van der Waals surface area contributed by atoms with E-state index in [1.165, 1.54) is 76.1 Å². The van der Waals surface area contributed by atoms with Crippen LogP contribution in [0.3, 0.4) is 0 Å². The first-order chi connectivity index (χ1) is 25.9. The van der Waals surface area contributed by atoms with Crippen molar-refractivity contribution in [1.29, 1.82) is 0 Å². The fraction of sp³-hybridized carbons (Fsp3) is 0.408. The minimum absolute atomic E-state index is 0.259. The molecule has 2 unspecified atom stereocenters. The molecule has 4 nitrogen and oxygen atoms in total. The molecule has 0 N–H and O–H groups in total. The molecule has 0 spiro atoms. The van der Waals surface area contributed by atoms with Gasteiger partial charge in [0.15, 0.2) is 24.1 Å². The Morgan fingerprint density at radius 1 is 0.870 bits per heavy atom. The minimum Gasteiger partial charge on any atom is -0.438 e. The van der Waals surface area contributed by atoms with Gasteiger partial charge in [-0.1, -0.05) is 77.4 Å². The van der Waals surface area contributed by atoms with Gasteiger partial charge in [-0.2, -0.15) is 9.13 Å². The summed E-state index contributed by atoms with van der Waals surface area (Å²) < 4.78 is 11.7. The molecule has 0 amide bonds. The topological polar surface area (TPSA) is 33.8 Å². The van der Waals surface area contributed by atoms with Gasteiger partial charge in [-0.05, 0) is 111 Å². The fourth-order valence-electron chi connectivity index (χ4n) is 10.3. The van der Waals surface area contributed by atoms with Crippen LogP contribution < -0.4 is 14.3 Å². The summed E-state index contributed by atoms with van der Waals surface area (Å²) in [5, 5.41) is 3.82. The van der Waals surface area contributed by atoms with E-state index in [1.54, 1.807) is 10.8 Å². The average Bonchev–Trinajstić information content (AvgIpc) is 3.77. The molecule has 9 rings (SSSR count). The Kier molecular flexibility index (Phi) is 8.80. The molecule has 6 aromatic rings. The van der Waals surface area contributed by atoms with Crippen molar-refractivity contribution < 1.29 is 13.6 Å². The van der Waals surface area contributed by atoms with E-state index in [0.717, 1.165) is 65.8 Å². The van der Waals surface area contributed by atoms with E-state index < -0.39 is 8.07 Å². The molecule has 1 fully saturated rings. The number of furan rings is 1. The standard InChI is InChI=1S/C49H57N3OSi/c1-30(2)21-36-25-46-39-16-12-11-15-38(39)40-20-18-35-26-47-43(41-19-17-32(4)50-49(41)53-47)27-42(35)44-22-31(3)37(24-34-13-9-10-14-34)28-51(44)33(5)23-45(40)52(46)29-48(36)54(6,7)8/h11-12,15-17,19,22,25-30,34,40,45H,5,9-10,13-14,18,20-21,23-24H2,1-4,6-8H3/q+2. The van der Waals surface area contributed by atoms with Crippen LogP contribution in [-0.2, 0) is 19.3 Å². The van der Waals surface area contributed by atoms with Crippen LogP contribution >= 0.6 is 0 Å². The van der Waals surface area contributed by atoms with Crippen LogP contribution in [0.25, 0.3) is 50.3 Å². The number of rotatable bonds is 5. The summed E-state index contributed by atoms with van der Waals surface area (Å²) >= 11 is 0. The van der Waals surface area contributed by atoms with E-state index in [0.29, 0.717) is 11.8 Å². The van der Waals surface area contributed by atoms with Gasteiger partial charge in [0.25, 0.3) is 0 Å². The lowest BCUT2D eigenvalue weighted by atomic mass is 9.77. The third kappa shape index (κ3) is 6.17. The Labute approximate surface area is 323 Å². The molecule has 1 saturated carbocycles. The normalized spacial score (nSPS) is 18.8. The number of fused-ring (bicyclic) bond motifs is 12. The van der Waals surface area contributed by atoms with Crippen molar-refractivity contribution in [2.24, 2.45) is 11.8 Å². The first-order valence-electron chi connectivity index (χ1n) is 20.7. The number of aromatic nitrogens is 3. The zero-order valence-corrected chi connectivity index (χ0v) is 34.6. The number of hydrogen-bond acceptors (Lipinski definition) is 2. The lowest BCUT2D eigenvalue weighted by Gasteiger charge is -2.33. The van der Waals surface area contributed by atoms with Crippen LogP contribution in [0.4, 0.5) is 0 Å². The van der Waals surface area contributed by atoms with Crippen molar-refractivity contribution in [3.63, 3.8) is 0 Å². The number of hydrogen-bond donors (Lipinski definition) is 0. The van der Waals surface area contributed by atoms with Crippen LogP contribution in [0.15, 0.2) is 84.1 Å². The second-order valence-corrected chi connectivity index (χ2v) is 23.5. The molecule has 2 aromatic carbocycles. The molecule has 0 radical (unpaired) electrons. The van der Waals surface area contributed by atoms with Gasteiger partial charge in [-0.3, -0.25) is 0 Å². The molecular weight excluding hydrogens is 675 g/mol. The predicted molar refractivity (Wildman–Crippen MR) is 226 cm³/mol. The third-order valence-corrected chi connectivity index (χ3v) is 15.0. The largest absolute Gasteiger partial charge is 0.438 e. The Morgan fingerprint density at radius 2 is 1.67 bits per heavy atom. The maximum absolute atomic E-state index is 6.51. The number of nitrogens with zero attached hydrogens (tertiary/aromatic N) is 3. The fourth-order valence-corrected chi connectivity index (χ4v) is 11.9. The van der Waals surface area contributed by atoms with Gasteiger partial charge in [0.1, 0.15) is 5.58 Å². The molecule has 2 aliphatic heterocycles. The molecule has 5 heteroatoms. The highest BCUT2D eigenvalue weighted by atomic mass is 28.3. The third-order valence-electron chi connectivity index (χ3n) is 13.0. The van der Waals surface area contributed by atoms with E-state index in [4.69, 9.17) is 16.0 Å². The molecule has 276 valence electrons. The zero-order valence-electron chi connectivity index (χ0n) is 33.6. The summed E-state index contributed by atoms with van der Waals surface area (Å²) in [5.41, 5.74) is 16.3. The van der Waals surface area contributed by atoms with Gasteiger partial charge < -0.3 is 4.42 Å². The van der Waals surface area contributed by atoms with Crippen molar-refractivity contribution in [3.05, 3.63) is 113 Å². The summed E-state index contributed by atoms with van der Waals surface area (Å²) in [5.74, 6) is 1.73. The number of aryl methyl sites for hydroxylation is 3. The lowest BCUT2D eigenvalue weighted by Crippen LogP contribution is -2.54. The van der Waals surface area contributed by atoms with E-state index in [-0.39, 0.29) is 6.04 Å². The Balaban J connectivity index is 1.27. The SMILES string of the molecule is C=C1CC2C(CCc3cc4oc5nc(C)ccc5c4cc3-c3cc(C)c(CC4CCCC4)c[n+]31)c1ccccc1-c1cc(CC(C)C)c([Si](C)(C)C)c[n+]12. The number of benzene rings is 2. The molecule has 0 saturated heterocycles. The van der Waals surface area contributed by atoms with E-state index in [2.05, 4.69) is 123 Å². The van der Waals surface area contributed by atoms with Gasteiger partial charge in [-0.15, -0.1) is 0 Å². The summed E-state index contributed by atoms with van der Waals surface area (Å²) in [4.78, 5) is 4.80. The van der Waals surface area contributed by atoms with Crippen molar-refractivity contribution in [1.82, 2.24) is 4.98 Å². The maximum atomic E-state index is 6.51. The first kappa shape index (κ1) is 35.4. The van der Waals surface area contributed by atoms with Crippen molar-refractivity contribution >= 4 is 41.0 Å². The van der Waals surface area contributed by atoms with Crippen molar-refractivity contribution in [3.8, 4) is 22.5 Å². The van der Waals surface area contributed by atoms with Gasteiger partial charge in [0.2, 0.25) is 17.1 Å². The predicted octanol–water partition coefficient (Wildman–Crippen LogP) is 11.1. The van der Waals surface area contributed by atoms with Gasteiger partial charge in [-0.25, -0.2) is 4.98 Å². The summed E-state index contributed by atoms with van der Waals surface area (Å²) in [6.07, 6.45) is 15.7. The molecule has 54 heavy (non-hydrogen) atoms. The van der Waals surface area contributed by atoms with Crippen LogP contribution in [-0.4, -0.2) is 13.1 Å². The Hall–Kier alpha value is -4.35. The van der Waals surface area contributed by atoms with Crippen molar-refractivity contribution in [2.45, 2.75) is 117 Å². The number of allylic oxidation sites excluding steroid dienone is 1. The molecule has 0 bridgehead atoms. The molecule has 2 atom stereocenters. The summed E-state index contributed by atoms with van der Waals surface area (Å²) in [6, 6.07) is 23.6. The molecular formula is C49H57N3OSi+2. The first-order valence-corrected chi connectivity index (χ1v) is 24.2. The van der Waals surface area contributed by atoms with Gasteiger partial charge in [0.05, 0.1) is 20.1 Å². The van der Waals surface area contributed by atoms with Crippen molar-refractivity contribution in [2.75, 3.05) is 0 Å². The second-order valence-electron chi connectivity index (χ2n) is 18.4. The Morgan fingerprint density at radius 3 is 2.44 bits per heavy atom. The van der Waals surface area contributed by atoms with Gasteiger partial charge in [0, 0.05) is 50.8 Å². The highest BCUT2D eigenvalue weighted by Crippen LogP contribution is 2.45. The van der Waals surface area contributed by atoms with E-state index in [9.17, 15) is 0 Å². The zero-order chi connectivity index (χ0) is 37.5. The van der Waals surface area contributed by atoms with Crippen LogP contribution in [0.1, 0.15) is 97.8 Å². The maximum Gasteiger partial charge on any atom is 0.227 e. The van der Waals surface area contributed by atoms with E-state index in [1.807, 2.05) is 6.92 Å². The Bertz CT molecular complexity index is 2460. The summed E-state index contributed by atoms with van der Waals surface area (Å²) in [6.45, 7) is 21.6. The minimum atomic E-state index is -1.65. The lowest BCUT2D eigenvalue weighted by molar-refractivity contribution is -0.719. The highest BCUT2D eigenvalue weighted by Gasteiger charge is 2.44. The van der Waals surface area contributed by atoms with Crippen LogP contribution in [0.2, 0.25) is 19.6 Å². The van der Waals surface area contributed by atoms with Crippen LogP contribution in [0.5, 0.6) is 0 Å². The quantitative estimate of drug-likeness (QED) is 0.131. The smallest absolute Gasteiger partial charge is 0.227 e. The highest BCUT2D eigenvalue weighted by molar-refractivity contribution is 6.89. The average molecular weight is 732 g/mol.